The van der Waals surface area contributed by atoms with Crippen molar-refractivity contribution in [2.45, 2.75) is 75.7 Å². The third-order valence-corrected chi connectivity index (χ3v) is 6.43. The van der Waals surface area contributed by atoms with Crippen molar-refractivity contribution < 1.29 is 34.2 Å². The minimum Gasteiger partial charge on any atom is -0.480 e. The van der Waals surface area contributed by atoms with Crippen molar-refractivity contribution in [1.29, 1.82) is 0 Å². The zero-order valence-corrected chi connectivity index (χ0v) is 22.4. The predicted octanol–water partition coefficient (Wildman–Crippen LogP) is -1.65. The molecular formula is C26H39N7O7. The molecule has 0 aliphatic heterocycles. The maximum absolute atomic E-state index is 13.5. The molecule has 14 nitrogen and oxygen atoms in total. The summed E-state index contributed by atoms with van der Waals surface area (Å²) in [6.45, 7) is 1.69. The number of para-hydroxylation sites is 1. The van der Waals surface area contributed by atoms with Crippen LogP contribution in [0.3, 0.4) is 0 Å². The average Bonchev–Trinajstić information content (AvgIpc) is 3.31. The highest BCUT2D eigenvalue weighted by molar-refractivity contribution is 5.95. The SMILES string of the molecule is CC(O)C(N)C(=O)NC(Cc1c[nH]c2ccccc12)C(=O)NC(CCC(N)=O)C(=O)NC(CCCCN)C(=O)O. The number of hydrogen-bond acceptors (Lipinski definition) is 8. The molecule has 0 saturated heterocycles. The lowest BCUT2D eigenvalue weighted by Crippen LogP contribution is -2.58. The zero-order valence-electron chi connectivity index (χ0n) is 22.4. The first-order valence-electron chi connectivity index (χ1n) is 13.1. The maximum atomic E-state index is 13.5. The fraction of sp³-hybridized carbons (Fsp3) is 0.500. The number of carboxylic acids is 1. The number of aromatic nitrogens is 1. The molecule has 40 heavy (non-hydrogen) atoms. The fourth-order valence-corrected chi connectivity index (χ4v) is 4.07. The quantitative estimate of drug-likeness (QED) is 0.100. The van der Waals surface area contributed by atoms with Crippen LogP contribution in [0, 0.1) is 0 Å². The van der Waals surface area contributed by atoms with Gasteiger partial charge in [-0.3, -0.25) is 19.2 Å². The van der Waals surface area contributed by atoms with Crippen molar-refractivity contribution in [3.05, 3.63) is 36.0 Å². The monoisotopic (exact) mass is 561 g/mol. The van der Waals surface area contributed by atoms with Gasteiger partial charge < -0.3 is 48.3 Å². The van der Waals surface area contributed by atoms with Gasteiger partial charge in [-0.25, -0.2) is 4.79 Å². The molecule has 4 amide bonds. The molecule has 220 valence electrons. The minimum atomic E-state index is -1.33. The number of amides is 4. The van der Waals surface area contributed by atoms with Gasteiger partial charge in [0.2, 0.25) is 23.6 Å². The Balaban J connectivity index is 2.29. The third kappa shape index (κ3) is 9.63. The number of carbonyl (C=O) groups is 5. The summed E-state index contributed by atoms with van der Waals surface area (Å²) in [6.07, 6.45) is 1.14. The summed E-state index contributed by atoms with van der Waals surface area (Å²) in [5.41, 5.74) is 18.0. The van der Waals surface area contributed by atoms with E-state index < -0.39 is 59.9 Å². The molecule has 0 aliphatic carbocycles. The summed E-state index contributed by atoms with van der Waals surface area (Å²) in [4.78, 5) is 65.4. The van der Waals surface area contributed by atoms with E-state index >= 15 is 0 Å². The Labute approximate surface area is 231 Å². The van der Waals surface area contributed by atoms with E-state index in [-0.39, 0.29) is 25.7 Å². The Hall–Kier alpha value is -4.01. The number of unbranched alkanes of at least 4 members (excludes halogenated alkanes) is 1. The molecule has 14 heteroatoms. The Morgan fingerprint density at radius 3 is 2.17 bits per heavy atom. The fourth-order valence-electron chi connectivity index (χ4n) is 4.07. The van der Waals surface area contributed by atoms with Crippen molar-refractivity contribution >= 4 is 40.5 Å². The highest BCUT2D eigenvalue weighted by Gasteiger charge is 2.31. The first-order chi connectivity index (χ1) is 18.9. The summed E-state index contributed by atoms with van der Waals surface area (Å²) in [5.74, 6) is -4.39. The number of nitrogens with two attached hydrogens (primary N) is 3. The first kappa shape index (κ1) is 32.2. The standard InChI is InChI=1S/C26H39N7O7/c1-14(34)22(29)25(38)33-20(12-15-13-30-17-7-3-2-6-16(15)17)24(37)31-18(9-10-21(28)35)23(36)32-19(26(39)40)8-4-5-11-27/h2-3,6-7,13-14,18-20,22,30,34H,4-5,8-12,27,29H2,1H3,(H2,28,35)(H,31,37)(H,32,36)(H,33,38)(H,39,40). The average molecular weight is 562 g/mol. The molecule has 0 aliphatic rings. The lowest BCUT2D eigenvalue weighted by Gasteiger charge is -2.25. The van der Waals surface area contributed by atoms with Crippen molar-refractivity contribution in [2.75, 3.05) is 6.54 Å². The van der Waals surface area contributed by atoms with Crippen LogP contribution in [0.25, 0.3) is 10.9 Å². The Kier molecular flexibility index (Phi) is 12.5. The van der Waals surface area contributed by atoms with Gasteiger partial charge >= 0.3 is 5.97 Å². The maximum Gasteiger partial charge on any atom is 0.326 e. The summed E-state index contributed by atoms with van der Waals surface area (Å²) < 4.78 is 0. The van der Waals surface area contributed by atoms with Crippen LogP contribution in [0.4, 0.5) is 0 Å². The van der Waals surface area contributed by atoms with Crippen molar-refractivity contribution in [2.24, 2.45) is 17.2 Å². The molecule has 1 heterocycles. The van der Waals surface area contributed by atoms with Crippen LogP contribution in [0.1, 0.15) is 44.6 Å². The van der Waals surface area contributed by atoms with Crippen LogP contribution in [0.5, 0.6) is 0 Å². The summed E-state index contributed by atoms with van der Waals surface area (Å²) in [7, 11) is 0. The smallest absolute Gasteiger partial charge is 0.326 e. The summed E-state index contributed by atoms with van der Waals surface area (Å²) in [5, 5.41) is 27.5. The lowest BCUT2D eigenvalue weighted by molar-refractivity contribution is -0.142. The van der Waals surface area contributed by atoms with E-state index in [4.69, 9.17) is 17.2 Å². The van der Waals surface area contributed by atoms with Gasteiger partial charge in [-0.1, -0.05) is 18.2 Å². The second kappa shape index (κ2) is 15.5. The van der Waals surface area contributed by atoms with Crippen molar-refractivity contribution in [3.8, 4) is 0 Å². The molecule has 2 aromatic rings. The Morgan fingerprint density at radius 2 is 1.55 bits per heavy atom. The first-order valence-corrected chi connectivity index (χ1v) is 13.1. The number of rotatable bonds is 17. The molecular weight excluding hydrogens is 522 g/mol. The molecule has 1 aromatic carbocycles. The van der Waals surface area contributed by atoms with Gasteiger partial charge in [0.15, 0.2) is 0 Å². The molecule has 0 fully saturated rings. The Morgan fingerprint density at radius 1 is 0.925 bits per heavy atom. The van der Waals surface area contributed by atoms with Crippen LogP contribution < -0.4 is 33.2 Å². The van der Waals surface area contributed by atoms with E-state index in [9.17, 15) is 34.2 Å². The van der Waals surface area contributed by atoms with E-state index in [1.807, 2.05) is 24.3 Å². The normalized spacial score (nSPS) is 14.9. The number of carbonyl (C=O) groups excluding carboxylic acids is 4. The van der Waals surface area contributed by atoms with Gasteiger partial charge in [0.05, 0.1) is 6.10 Å². The van der Waals surface area contributed by atoms with E-state index in [1.54, 1.807) is 6.20 Å². The van der Waals surface area contributed by atoms with Crippen molar-refractivity contribution in [1.82, 2.24) is 20.9 Å². The van der Waals surface area contributed by atoms with Gasteiger partial charge in [-0.2, -0.15) is 0 Å². The molecule has 0 spiro atoms. The zero-order chi connectivity index (χ0) is 29.8. The van der Waals surface area contributed by atoms with Crippen LogP contribution in [-0.4, -0.2) is 81.6 Å². The number of benzene rings is 1. The number of aromatic amines is 1. The highest BCUT2D eigenvalue weighted by Crippen LogP contribution is 2.19. The predicted molar refractivity (Wildman–Crippen MR) is 146 cm³/mol. The molecule has 2 rings (SSSR count). The van der Waals surface area contributed by atoms with Crippen LogP contribution in [-0.2, 0) is 30.4 Å². The number of carboxylic acid groups (broad SMARTS) is 1. The molecule has 0 radical (unpaired) electrons. The largest absolute Gasteiger partial charge is 0.480 e. The number of aliphatic hydroxyl groups is 1. The van der Waals surface area contributed by atoms with Gasteiger partial charge in [-0.05, 0) is 50.8 Å². The highest BCUT2D eigenvalue weighted by atomic mass is 16.4. The number of hydrogen-bond donors (Lipinski definition) is 9. The van der Waals surface area contributed by atoms with E-state index in [1.165, 1.54) is 6.92 Å². The lowest BCUT2D eigenvalue weighted by atomic mass is 10.0. The number of aliphatic hydroxyl groups excluding tert-OH is 1. The third-order valence-electron chi connectivity index (χ3n) is 6.43. The van der Waals surface area contributed by atoms with Gasteiger partial charge in [0.25, 0.3) is 0 Å². The van der Waals surface area contributed by atoms with Gasteiger partial charge in [0.1, 0.15) is 24.2 Å². The van der Waals surface area contributed by atoms with Crippen LogP contribution in [0.15, 0.2) is 30.5 Å². The summed E-state index contributed by atoms with van der Waals surface area (Å²) >= 11 is 0. The number of fused-ring (bicyclic) bond motifs is 1. The molecule has 5 atom stereocenters. The van der Waals surface area contributed by atoms with E-state index in [2.05, 4.69) is 20.9 Å². The molecule has 5 unspecified atom stereocenters. The van der Waals surface area contributed by atoms with Crippen molar-refractivity contribution in [3.63, 3.8) is 0 Å². The van der Waals surface area contributed by atoms with Gasteiger partial charge in [-0.15, -0.1) is 0 Å². The van der Waals surface area contributed by atoms with Crippen LogP contribution in [0.2, 0.25) is 0 Å². The van der Waals surface area contributed by atoms with Crippen LogP contribution >= 0.6 is 0 Å². The van der Waals surface area contributed by atoms with E-state index in [0.29, 0.717) is 24.9 Å². The second-order valence-electron chi connectivity index (χ2n) is 9.64. The number of aliphatic carboxylic acids is 1. The number of H-pyrrole nitrogens is 1. The second-order valence-corrected chi connectivity index (χ2v) is 9.64. The minimum absolute atomic E-state index is 0.00485. The topological polar surface area (TPSA) is 256 Å². The molecule has 0 saturated carbocycles. The van der Waals surface area contributed by atoms with Gasteiger partial charge in [0, 0.05) is 29.9 Å². The molecule has 0 bridgehead atoms. The summed E-state index contributed by atoms with van der Waals surface area (Å²) in [6, 6.07) is 2.19. The molecule has 12 N–H and O–H groups in total. The number of nitrogens with one attached hydrogen (secondary N) is 4. The number of primary amides is 1. The Bertz CT molecular complexity index is 1180. The molecule has 1 aromatic heterocycles. The van der Waals surface area contributed by atoms with E-state index in [0.717, 1.165) is 10.9 Å².